The highest BCUT2D eigenvalue weighted by atomic mass is 16.5. The predicted molar refractivity (Wildman–Crippen MR) is 74.5 cm³/mol. The Balaban J connectivity index is 1.48. The number of hydrogen-bond donors (Lipinski definition) is 0. The molecule has 5 nitrogen and oxygen atoms in total. The van der Waals surface area contributed by atoms with Crippen LogP contribution in [0.15, 0.2) is 12.4 Å². The van der Waals surface area contributed by atoms with Crippen LogP contribution in [0.1, 0.15) is 44.2 Å². The van der Waals surface area contributed by atoms with Crippen molar-refractivity contribution in [1.82, 2.24) is 14.9 Å². The van der Waals surface area contributed by atoms with Gasteiger partial charge in [-0.15, -0.1) is 0 Å². The monoisotopic (exact) mass is 275 g/mol. The number of piperidine rings is 1. The number of carbonyl (C=O) groups excluding carboxylic acids is 1. The van der Waals surface area contributed by atoms with Crippen LogP contribution in [0.4, 0.5) is 0 Å². The minimum atomic E-state index is 0.175. The molecule has 3 rings (SSSR count). The molecule has 5 heteroatoms. The molecule has 0 unspecified atom stereocenters. The number of ether oxygens (including phenoxy) is 1. The van der Waals surface area contributed by atoms with E-state index in [1.54, 1.807) is 13.3 Å². The topological polar surface area (TPSA) is 55.3 Å². The minimum absolute atomic E-state index is 0.175. The average molecular weight is 275 g/mol. The molecular weight excluding hydrogens is 254 g/mol. The molecule has 0 spiro atoms. The molecule has 0 aromatic carbocycles. The quantitative estimate of drug-likeness (QED) is 0.843. The molecule has 108 valence electrons. The maximum absolute atomic E-state index is 11.3. The lowest BCUT2D eigenvalue weighted by atomic mass is 9.98. The van der Waals surface area contributed by atoms with E-state index in [1.807, 2.05) is 11.0 Å². The largest absolute Gasteiger partial charge is 0.477 e. The van der Waals surface area contributed by atoms with Crippen LogP contribution in [0.2, 0.25) is 0 Å². The van der Waals surface area contributed by atoms with Gasteiger partial charge in [0.15, 0.2) is 0 Å². The smallest absolute Gasteiger partial charge is 0.219 e. The van der Waals surface area contributed by atoms with Crippen molar-refractivity contribution in [3.63, 3.8) is 0 Å². The Morgan fingerprint density at radius 1 is 1.30 bits per heavy atom. The van der Waals surface area contributed by atoms with Gasteiger partial charge in [0.25, 0.3) is 0 Å². The maximum Gasteiger partial charge on any atom is 0.219 e. The number of carbonyl (C=O) groups is 1. The molecule has 1 aromatic rings. The predicted octanol–water partition coefficient (Wildman–Crippen LogP) is 1.99. The molecule has 1 saturated heterocycles. The van der Waals surface area contributed by atoms with Gasteiger partial charge in [-0.1, -0.05) is 0 Å². The molecular formula is C15H21N3O2. The second-order valence-corrected chi connectivity index (χ2v) is 5.82. The summed E-state index contributed by atoms with van der Waals surface area (Å²) >= 11 is 0. The third-order valence-corrected chi connectivity index (χ3v) is 4.19. The van der Waals surface area contributed by atoms with Crippen molar-refractivity contribution in [2.75, 3.05) is 19.7 Å². The zero-order valence-corrected chi connectivity index (χ0v) is 11.9. The molecule has 1 saturated carbocycles. The summed E-state index contributed by atoms with van der Waals surface area (Å²) in [7, 11) is 0. The zero-order chi connectivity index (χ0) is 13.9. The van der Waals surface area contributed by atoms with E-state index < -0.39 is 0 Å². The molecule has 0 atom stereocenters. The summed E-state index contributed by atoms with van der Waals surface area (Å²) in [6, 6.07) is 1.97. The second-order valence-electron chi connectivity index (χ2n) is 5.82. The van der Waals surface area contributed by atoms with Gasteiger partial charge in [-0.2, -0.15) is 0 Å². The highest BCUT2D eigenvalue weighted by Crippen LogP contribution is 2.39. The number of likely N-dealkylation sites (tertiary alicyclic amines) is 1. The summed E-state index contributed by atoms with van der Waals surface area (Å²) in [5.74, 6) is 2.01. The summed E-state index contributed by atoms with van der Waals surface area (Å²) < 4.78 is 5.81. The number of rotatable bonds is 4. The Hall–Kier alpha value is -1.65. The van der Waals surface area contributed by atoms with Crippen molar-refractivity contribution >= 4 is 5.91 Å². The van der Waals surface area contributed by atoms with E-state index >= 15 is 0 Å². The zero-order valence-electron chi connectivity index (χ0n) is 11.9. The van der Waals surface area contributed by atoms with Crippen molar-refractivity contribution in [1.29, 1.82) is 0 Å². The first kappa shape index (κ1) is 13.3. The molecule has 2 aliphatic rings. The van der Waals surface area contributed by atoms with Gasteiger partial charge >= 0.3 is 0 Å². The first-order valence-corrected chi connectivity index (χ1v) is 7.42. The SMILES string of the molecule is CC(=O)N1CCC(COc2cc(C3CC3)ncn2)CC1. The van der Waals surface area contributed by atoms with Gasteiger partial charge in [0.1, 0.15) is 6.33 Å². The molecule has 0 radical (unpaired) electrons. The lowest BCUT2D eigenvalue weighted by molar-refractivity contribution is -0.130. The summed E-state index contributed by atoms with van der Waals surface area (Å²) in [5, 5.41) is 0. The Kier molecular flexibility index (Phi) is 3.85. The van der Waals surface area contributed by atoms with E-state index in [4.69, 9.17) is 4.74 Å². The summed E-state index contributed by atoms with van der Waals surface area (Å²) in [4.78, 5) is 21.6. The molecule has 1 aromatic heterocycles. The summed E-state index contributed by atoms with van der Waals surface area (Å²) in [6.07, 6.45) is 6.10. The first-order valence-electron chi connectivity index (χ1n) is 7.42. The Morgan fingerprint density at radius 2 is 2.05 bits per heavy atom. The fourth-order valence-corrected chi connectivity index (χ4v) is 2.65. The second kappa shape index (κ2) is 5.77. The molecule has 2 heterocycles. The number of hydrogen-bond acceptors (Lipinski definition) is 4. The van der Waals surface area contributed by atoms with E-state index in [1.165, 1.54) is 12.8 Å². The lowest BCUT2D eigenvalue weighted by Gasteiger charge is -2.30. The van der Waals surface area contributed by atoms with Gasteiger partial charge in [-0.05, 0) is 31.6 Å². The lowest BCUT2D eigenvalue weighted by Crippen LogP contribution is -2.38. The molecule has 1 aliphatic heterocycles. The van der Waals surface area contributed by atoms with Crippen molar-refractivity contribution in [3.8, 4) is 5.88 Å². The highest BCUT2D eigenvalue weighted by Gasteiger charge is 2.26. The number of aromatic nitrogens is 2. The molecule has 0 N–H and O–H groups in total. The third kappa shape index (κ3) is 3.26. The van der Waals surface area contributed by atoms with Crippen LogP contribution >= 0.6 is 0 Å². The molecule has 0 bridgehead atoms. The molecule has 2 fully saturated rings. The highest BCUT2D eigenvalue weighted by molar-refractivity contribution is 5.73. The van der Waals surface area contributed by atoms with Crippen molar-refractivity contribution < 1.29 is 9.53 Å². The van der Waals surface area contributed by atoms with Gasteiger partial charge in [0.2, 0.25) is 11.8 Å². The van der Waals surface area contributed by atoms with Gasteiger partial charge < -0.3 is 9.64 Å². The van der Waals surface area contributed by atoms with E-state index in [9.17, 15) is 4.79 Å². The maximum atomic E-state index is 11.3. The normalized spacial score (nSPS) is 19.9. The minimum Gasteiger partial charge on any atom is -0.477 e. The molecule has 1 aliphatic carbocycles. The van der Waals surface area contributed by atoms with E-state index in [0.717, 1.165) is 31.6 Å². The molecule has 1 amide bonds. The van der Waals surface area contributed by atoms with Crippen LogP contribution < -0.4 is 4.74 Å². The third-order valence-electron chi connectivity index (χ3n) is 4.19. The standard InChI is InChI=1S/C15H21N3O2/c1-11(19)18-6-4-12(5-7-18)9-20-15-8-14(13-2-3-13)16-10-17-15/h8,10,12-13H,2-7,9H2,1H3. The number of nitrogens with zero attached hydrogens (tertiary/aromatic N) is 3. The van der Waals surface area contributed by atoms with Crippen molar-refractivity contribution in [3.05, 3.63) is 18.1 Å². The van der Waals surface area contributed by atoms with E-state index in [-0.39, 0.29) is 5.91 Å². The van der Waals surface area contributed by atoms with Crippen LogP contribution in [-0.4, -0.2) is 40.5 Å². The van der Waals surface area contributed by atoms with Gasteiger partial charge in [-0.25, -0.2) is 9.97 Å². The van der Waals surface area contributed by atoms with Crippen LogP contribution in [-0.2, 0) is 4.79 Å². The van der Waals surface area contributed by atoms with Crippen LogP contribution in [0.3, 0.4) is 0 Å². The van der Waals surface area contributed by atoms with Gasteiger partial charge in [0.05, 0.1) is 12.3 Å². The van der Waals surface area contributed by atoms with Crippen LogP contribution in [0.25, 0.3) is 0 Å². The van der Waals surface area contributed by atoms with E-state index in [2.05, 4.69) is 9.97 Å². The van der Waals surface area contributed by atoms with Crippen molar-refractivity contribution in [2.45, 2.75) is 38.5 Å². The summed E-state index contributed by atoms with van der Waals surface area (Å²) in [5.41, 5.74) is 1.11. The number of amides is 1. The first-order chi connectivity index (χ1) is 9.72. The van der Waals surface area contributed by atoms with Gasteiger partial charge in [0, 0.05) is 32.0 Å². The average Bonchev–Trinajstić information content (AvgIpc) is 3.30. The Morgan fingerprint density at radius 3 is 2.70 bits per heavy atom. The van der Waals surface area contributed by atoms with Crippen molar-refractivity contribution in [2.24, 2.45) is 5.92 Å². The van der Waals surface area contributed by atoms with E-state index in [0.29, 0.717) is 24.3 Å². The van der Waals surface area contributed by atoms with Crippen LogP contribution in [0.5, 0.6) is 5.88 Å². The Bertz CT molecular complexity index is 480. The molecule has 20 heavy (non-hydrogen) atoms. The fraction of sp³-hybridized carbons (Fsp3) is 0.667. The Labute approximate surface area is 119 Å². The summed E-state index contributed by atoms with van der Waals surface area (Å²) in [6.45, 7) is 4.02. The van der Waals surface area contributed by atoms with Crippen LogP contribution in [0, 0.1) is 5.92 Å². The fourth-order valence-electron chi connectivity index (χ4n) is 2.65. The van der Waals surface area contributed by atoms with Gasteiger partial charge in [-0.3, -0.25) is 4.79 Å².